The van der Waals surface area contributed by atoms with Crippen LogP contribution in [0.5, 0.6) is 0 Å². The van der Waals surface area contributed by atoms with E-state index in [0.29, 0.717) is 12.1 Å². The maximum absolute atomic E-state index is 6.02. The summed E-state index contributed by atoms with van der Waals surface area (Å²) in [6.07, 6.45) is 8.56. The van der Waals surface area contributed by atoms with Crippen molar-refractivity contribution in [3.63, 3.8) is 0 Å². The lowest BCUT2D eigenvalue weighted by Gasteiger charge is -2.28. The van der Waals surface area contributed by atoms with E-state index in [2.05, 4.69) is 36.5 Å². The second kappa shape index (κ2) is 6.79. The number of unbranched alkanes of at least 4 members (excludes halogenated alkanes) is 1. The van der Waals surface area contributed by atoms with Gasteiger partial charge in [-0.25, -0.2) is 0 Å². The maximum Gasteiger partial charge on any atom is 0.0342 e. The molecule has 2 heteroatoms. The van der Waals surface area contributed by atoms with Crippen molar-refractivity contribution in [2.24, 2.45) is 5.73 Å². The van der Waals surface area contributed by atoms with Gasteiger partial charge in [0, 0.05) is 17.8 Å². The van der Waals surface area contributed by atoms with E-state index in [0.717, 1.165) is 6.42 Å². The van der Waals surface area contributed by atoms with Gasteiger partial charge in [-0.05, 0) is 56.2 Å². The highest BCUT2D eigenvalue weighted by Gasteiger charge is 2.18. The number of nitrogens with one attached hydrogen (secondary N) is 1. The second-order valence-electron chi connectivity index (χ2n) is 5.57. The Hall–Kier alpha value is -1.02. The highest BCUT2D eigenvalue weighted by molar-refractivity contribution is 5.45. The lowest BCUT2D eigenvalue weighted by molar-refractivity contribution is 0.409. The largest absolute Gasteiger partial charge is 0.382 e. The molecule has 0 heterocycles. The Bertz CT molecular complexity index is 345. The van der Waals surface area contributed by atoms with Gasteiger partial charge in [-0.1, -0.05) is 25.5 Å². The van der Waals surface area contributed by atoms with Gasteiger partial charge < -0.3 is 11.1 Å². The molecule has 2 rings (SSSR count). The Labute approximate surface area is 111 Å². The molecule has 0 aliphatic heterocycles. The van der Waals surface area contributed by atoms with Gasteiger partial charge in [0.05, 0.1) is 0 Å². The first-order valence-corrected chi connectivity index (χ1v) is 7.39. The first-order chi connectivity index (χ1) is 8.78. The summed E-state index contributed by atoms with van der Waals surface area (Å²) in [6.45, 7) is 2.24. The van der Waals surface area contributed by atoms with E-state index in [-0.39, 0.29) is 0 Å². The average Bonchev–Trinajstić information content (AvgIpc) is 2.38. The minimum Gasteiger partial charge on any atom is -0.382 e. The van der Waals surface area contributed by atoms with E-state index in [1.807, 2.05) is 0 Å². The van der Waals surface area contributed by atoms with Crippen LogP contribution in [0.25, 0.3) is 0 Å². The fourth-order valence-electron chi connectivity index (χ4n) is 2.74. The Morgan fingerprint density at radius 3 is 2.67 bits per heavy atom. The SMILES string of the molecule is CCCCc1ccc(NC2CCCC(N)C2)cc1. The van der Waals surface area contributed by atoms with Gasteiger partial charge in [0.1, 0.15) is 0 Å². The smallest absolute Gasteiger partial charge is 0.0342 e. The van der Waals surface area contributed by atoms with Gasteiger partial charge in [0.15, 0.2) is 0 Å². The molecule has 0 bridgehead atoms. The van der Waals surface area contributed by atoms with Gasteiger partial charge in [-0.3, -0.25) is 0 Å². The molecule has 1 aromatic rings. The maximum atomic E-state index is 6.02. The van der Waals surface area contributed by atoms with Crippen molar-refractivity contribution in [3.8, 4) is 0 Å². The second-order valence-corrected chi connectivity index (χ2v) is 5.57. The van der Waals surface area contributed by atoms with Gasteiger partial charge in [-0.2, -0.15) is 0 Å². The normalized spacial score (nSPS) is 23.9. The molecule has 0 aromatic heterocycles. The lowest BCUT2D eigenvalue weighted by Crippen LogP contribution is -2.34. The number of hydrogen-bond donors (Lipinski definition) is 2. The molecule has 2 atom stereocenters. The summed E-state index contributed by atoms with van der Waals surface area (Å²) < 4.78 is 0. The van der Waals surface area contributed by atoms with Crippen molar-refractivity contribution in [1.29, 1.82) is 0 Å². The molecule has 1 aliphatic rings. The van der Waals surface area contributed by atoms with Crippen molar-refractivity contribution >= 4 is 5.69 Å². The molecular formula is C16H26N2. The van der Waals surface area contributed by atoms with E-state index < -0.39 is 0 Å². The topological polar surface area (TPSA) is 38.0 Å². The first kappa shape index (κ1) is 13.4. The van der Waals surface area contributed by atoms with Crippen molar-refractivity contribution in [1.82, 2.24) is 0 Å². The fourth-order valence-corrected chi connectivity index (χ4v) is 2.74. The summed E-state index contributed by atoms with van der Waals surface area (Å²) in [5.74, 6) is 0. The molecule has 0 radical (unpaired) electrons. The van der Waals surface area contributed by atoms with Crippen LogP contribution in [0.4, 0.5) is 5.69 Å². The zero-order chi connectivity index (χ0) is 12.8. The van der Waals surface area contributed by atoms with Gasteiger partial charge in [0.25, 0.3) is 0 Å². The van der Waals surface area contributed by atoms with Crippen molar-refractivity contribution in [2.75, 3.05) is 5.32 Å². The molecule has 0 spiro atoms. The molecule has 1 aliphatic carbocycles. The molecule has 0 saturated heterocycles. The average molecular weight is 246 g/mol. The van der Waals surface area contributed by atoms with E-state index in [9.17, 15) is 0 Å². The summed E-state index contributed by atoms with van der Waals surface area (Å²) in [7, 11) is 0. The molecule has 100 valence electrons. The number of hydrogen-bond acceptors (Lipinski definition) is 2. The summed E-state index contributed by atoms with van der Waals surface area (Å²) >= 11 is 0. The molecule has 2 unspecified atom stereocenters. The van der Waals surface area contributed by atoms with Gasteiger partial charge >= 0.3 is 0 Å². The monoisotopic (exact) mass is 246 g/mol. The fraction of sp³-hybridized carbons (Fsp3) is 0.625. The third-order valence-corrected chi connectivity index (χ3v) is 3.86. The highest BCUT2D eigenvalue weighted by Crippen LogP contribution is 2.21. The predicted octanol–water partition coefficient (Wildman–Crippen LogP) is 3.71. The molecule has 1 aromatic carbocycles. The minimum atomic E-state index is 0.389. The summed E-state index contributed by atoms with van der Waals surface area (Å²) in [6, 6.07) is 9.88. The third-order valence-electron chi connectivity index (χ3n) is 3.86. The molecular weight excluding hydrogens is 220 g/mol. The number of aryl methyl sites for hydroxylation is 1. The van der Waals surface area contributed by atoms with Crippen LogP contribution in [0.15, 0.2) is 24.3 Å². The van der Waals surface area contributed by atoms with Crippen LogP contribution in [-0.4, -0.2) is 12.1 Å². The van der Waals surface area contributed by atoms with E-state index in [1.165, 1.54) is 49.8 Å². The van der Waals surface area contributed by atoms with E-state index >= 15 is 0 Å². The highest BCUT2D eigenvalue weighted by atomic mass is 14.9. The molecule has 2 nitrogen and oxygen atoms in total. The van der Waals surface area contributed by atoms with Crippen LogP contribution in [0, 0.1) is 0 Å². The van der Waals surface area contributed by atoms with Crippen LogP contribution in [0.1, 0.15) is 51.0 Å². The summed E-state index contributed by atoms with van der Waals surface area (Å²) in [5, 5.41) is 3.61. The van der Waals surface area contributed by atoms with Crippen LogP contribution < -0.4 is 11.1 Å². The molecule has 0 amide bonds. The number of benzene rings is 1. The van der Waals surface area contributed by atoms with Crippen LogP contribution in [0.3, 0.4) is 0 Å². The Morgan fingerprint density at radius 1 is 1.22 bits per heavy atom. The number of rotatable bonds is 5. The van der Waals surface area contributed by atoms with Crippen LogP contribution in [-0.2, 0) is 6.42 Å². The minimum absolute atomic E-state index is 0.389. The predicted molar refractivity (Wildman–Crippen MR) is 78.9 cm³/mol. The third kappa shape index (κ3) is 4.02. The lowest BCUT2D eigenvalue weighted by atomic mass is 9.91. The Kier molecular flexibility index (Phi) is 5.06. The molecule has 1 saturated carbocycles. The van der Waals surface area contributed by atoms with Gasteiger partial charge in [0.2, 0.25) is 0 Å². The van der Waals surface area contributed by atoms with Crippen molar-refractivity contribution < 1.29 is 0 Å². The van der Waals surface area contributed by atoms with Crippen LogP contribution in [0.2, 0.25) is 0 Å². The zero-order valence-electron chi connectivity index (χ0n) is 11.5. The number of nitrogens with two attached hydrogens (primary N) is 1. The Morgan fingerprint density at radius 2 is 2.00 bits per heavy atom. The standard InChI is InChI=1S/C16H26N2/c1-2-3-5-13-8-10-15(11-9-13)18-16-7-4-6-14(17)12-16/h8-11,14,16,18H,2-7,12,17H2,1H3. The number of anilines is 1. The first-order valence-electron chi connectivity index (χ1n) is 7.39. The summed E-state index contributed by atoms with van der Waals surface area (Å²) in [5.41, 5.74) is 8.71. The molecule has 3 N–H and O–H groups in total. The van der Waals surface area contributed by atoms with Crippen molar-refractivity contribution in [2.45, 2.75) is 64.0 Å². The van der Waals surface area contributed by atoms with Gasteiger partial charge in [-0.15, -0.1) is 0 Å². The van der Waals surface area contributed by atoms with Crippen molar-refractivity contribution in [3.05, 3.63) is 29.8 Å². The molecule has 1 fully saturated rings. The Balaban J connectivity index is 1.85. The van der Waals surface area contributed by atoms with Crippen LogP contribution >= 0.6 is 0 Å². The molecule has 18 heavy (non-hydrogen) atoms. The quantitative estimate of drug-likeness (QED) is 0.831. The van der Waals surface area contributed by atoms with E-state index in [4.69, 9.17) is 5.73 Å². The zero-order valence-corrected chi connectivity index (χ0v) is 11.5. The summed E-state index contributed by atoms with van der Waals surface area (Å²) in [4.78, 5) is 0. The van der Waals surface area contributed by atoms with E-state index in [1.54, 1.807) is 0 Å².